The van der Waals surface area contributed by atoms with E-state index in [1.165, 1.54) is 6.42 Å². The van der Waals surface area contributed by atoms with Crippen LogP contribution in [-0.4, -0.2) is 42.3 Å². The summed E-state index contributed by atoms with van der Waals surface area (Å²) in [5.74, 6) is 0.304. The first kappa shape index (κ1) is 14.8. The maximum Gasteiger partial charge on any atom is 0.241 e. The minimum atomic E-state index is 0.0504. The van der Waals surface area contributed by atoms with Gasteiger partial charge in [-0.3, -0.25) is 10.1 Å². The van der Waals surface area contributed by atoms with E-state index in [-0.39, 0.29) is 12.2 Å². The molecule has 0 saturated carbocycles. The third-order valence-electron chi connectivity index (χ3n) is 4.30. The first-order chi connectivity index (χ1) is 9.26. The summed E-state index contributed by atoms with van der Waals surface area (Å²) in [4.78, 5) is 14.5. The number of nitrogens with one attached hydrogen (secondary N) is 1. The molecule has 0 bridgehead atoms. The fourth-order valence-corrected chi connectivity index (χ4v) is 3.12. The van der Waals surface area contributed by atoms with Gasteiger partial charge >= 0.3 is 0 Å². The Hall–Kier alpha value is -0.610. The molecule has 4 nitrogen and oxygen atoms in total. The number of carbonyl (C=O) groups is 1. The van der Waals surface area contributed by atoms with Gasteiger partial charge in [-0.25, -0.2) is 0 Å². The van der Waals surface area contributed by atoms with Crippen molar-refractivity contribution in [3.63, 3.8) is 0 Å². The van der Waals surface area contributed by atoms with Crippen molar-refractivity contribution in [2.75, 3.05) is 13.2 Å². The van der Waals surface area contributed by atoms with Crippen molar-refractivity contribution in [3.05, 3.63) is 0 Å². The lowest BCUT2D eigenvalue weighted by molar-refractivity contribution is -0.130. The molecule has 3 unspecified atom stereocenters. The summed E-state index contributed by atoms with van der Waals surface area (Å²) in [5, 5.41) is 3.49. The molecule has 0 spiro atoms. The van der Waals surface area contributed by atoms with Crippen LogP contribution in [0.1, 0.15) is 58.8 Å². The van der Waals surface area contributed by atoms with Crippen molar-refractivity contribution >= 4 is 5.91 Å². The number of rotatable bonds is 7. The molecule has 3 atom stereocenters. The fraction of sp³-hybridized carbons (Fsp3) is 0.933. The van der Waals surface area contributed by atoms with Gasteiger partial charge in [0.05, 0.1) is 18.3 Å². The lowest BCUT2D eigenvalue weighted by Crippen LogP contribution is -2.38. The van der Waals surface area contributed by atoms with E-state index in [1.807, 2.05) is 4.90 Å². The molecule has 2 aliphatic heterocycles. The maximum absolute atomic E-state index is 12.4. The molecule has 0 radical (unpaired) electrons. The lowest BCUT2D eigenvalue weighted by atomic mass is 10.1. The highest BCUT2D eigenvalue weighted by atomic mass is 16.5. The quantitative estimate of drug-likeness (QED) is 0.770. The van der Waals surface area contributed by atoms with Crippen molar-refractivity contribution < 1.29 is 9.53 Å². The van der Waals surface area contributed by atoms with Crippen molar-refractivity contribution in [2.45, 2.75) is 77.1 Å². The molecule has 1 amide bonds. The van der Waals surface area contributed by atoms with E-state index < -0.39 is 0 Å². The predicted octanol–water partition coefficient (Wildman–Crippen LogP) is 2.28. The zero-order valence-corrected chi connectivity index (χ0v) is 12.4. The summed E-state index contributed by atoms with van der Waals surface area (Å²) in [6.07, 6.45) is 8.17. The van der Waals surface area contributed by atoms with Crippen LogP contribution in [0.3, 0.4) is 0 Å². The lowest BCUT2D eigenvalue weighted by Gasteiger charge is -2.24. The highest BCUT2D eigenvalue weighted by molar-refractivity contribution is 5.84. The van der Waals surface area contributed by atoms with Crippen LogP contribution < -0.4 is 5.32 Å². The Morgan fingerprint density at radius 1 is 1.37 bits per heavy atom. The second-order valence-electron chi connectivity index (χ2n) is 5.74. The number of carbonyl (C=O) groups excluding carboxylic acids is 1. The number of hydrogen-bond acceptors (Lipinski definition) is 3. The Morgan fingerprint density at radius 2 is 2.21 bits per heavy atom. The molecule has 1 N–H and O–H groups in total. The Labute approximate surface area is 116 Å². The van der Waals surface area contributed by atoms with Crippen LogP contribution in [-0.2, 0) is 9.53 Å². The molecule has 0 aromatic rings. The van der Waals surface area contributed by atoms with E-state index in [0.29, 0.717) is 12.0 Å². The van der Waals surface area contributed by atoms with E-state index in [9.17, 15) is 4.79 Å². The molecule has 2 rings (SSSR count). The number of amides is 1. The number of hydrogen-bond donors (Lipinski definition) is 1. The first-order valence-corrected chi connectivity index (χ1v) is 7.94. The minimum absolute atomic E-state index is 0.0504. The Bertz CT molecular complexity index is 290. The van der Waals surface area contributed by atoms with Crippen LogP contribution in [0.4, 0.5) is 0 Å². The standard InChI is InChI=1S/C15H28N2O2/c1-3-5-8-13-15(18)17(14(4-2)16-13)10-9-12-7-6-11-19-12/h12-14,16H,3-11H2,1-2H3. The highest BCUT2D eigenvalue weighted by Gasteiger charge is 2.37. The predicted molar refractivity (Wildman–Crippen MR) is 75.8 cm³/mol. The Morgan fingerprint density at radius 3 is 2.84 bits per heavy atom. The van der Waals surface area contributed by atoms with Gasteiger partial charge in [0.1, 0.15) is 0 Å². The molecule has 0 aliphatic carbocycles. The molecular formula is C15H28N2O2. The molecule has 2 aliphatic rings. The average Bonchev–Trinajstić information content (AvgIpc) is 3.03. The molecule has 0 aromatic heterocycles. The topological polar surface area (TPSA) is 41.6 Å². The van der Waals surface area contributed by atoms with Gasteiger partial charge in [0.25, 0.3) is 0 Å². The van der Waals surface area contributed by atoms with Gasteiger partial charge in [-0.05, 0) is 32.1 Å². The van der Waals surface area contributed by atoms with Crippen LogP contribution in [0.2, 0.25) is 0 Å². The maximum atomic E-state index is 12.4. The smallest absolute Gasteiger partial charge is 0.241 e. The molecule has 110 valence electrons. The molecule has 4 heteroatoms. The normalized spacial score (nSPS) is 31.4. The summed E-state index contributed by atoms with van der Waals surface area (Å²) in [5.41, 5.74) is 0. The van der Waals surface area contributed by atoms with Crippen LogP contribution in [0, 0.1) is 0 Å². The van der Waals surface area contributed by atoms with E-state index in [2.05, 4.69) is 19.2 Å². The second-order valence-corrected chi connectivity index (χ2v) is 5.74. The van der Waals surface area contributed by atoms with Gasteiger partial charge in [0.2, 0.25) is 5.91 Å². The summed E-state index contributed by atoms with van der Waals surface area (Å²) >= 11 is 0. The van der Waals surface area contributed by atoms with Crippen LogP contribution >= 0.6 is 0 Å². The minimum Gasteiger partial charge on any atom is -0.378 e. The monoisotopic (exact) mass is 268 g/mol. The molecule has 19 heavy (non-hydrogen) atoms. The highest BCUT2D eigenvalue weighted by Crippen LogP contribution is 2.21. The van der Waals surface area contributed by atoms with Gasteiger partial charge in [-0.2, -0.15) is 0 Å². The van der Waals surface area contributed by atoms with Crippen LogP contribution in [0.5, 0.6) is 0 Å². The number of unbranched alkanes of at least 4 members (excludes halogenated alkanes) is 1. The van der Waals surface area contributed by atoms with Gasteiger partial charge in [0, 0.05) is 13.2 Å². The van der Waals surface area contributed by atoms with Gasteiger partial charge in [-0.15, -0.1) is 0 Å². The number of nitrogens with zero attached hydrogens (tertiary/aromatic N) is 1. The molecule has 2 heterocycles. The van der Waals surface area contributed by atoms with Gasteiger partial charge in [-0.1, -0.05) is 26.7 Å². The molecule has 2 fully saturated rings. The Balaban J connectivity index is 1.84. The van der Waals surface area contributed by atoms with Crippen molar-refractivity contribution in [1.29, 1.82) is 0 Å². The zero-order chi connectivity index (χ0) is 13.7. The summed E-state index contributed by atoms with van der Waals surface area (Å²) in [7, 11) is 0. The SMILES string of the molecule is CCCCC1NC(CC)N(CCC2CCCO2)C1=O. The molecule has 2 saturated heterocycles. The zero-order valence-electron chi connectivity index (χ0n) is 12.4. The van der Waals surface area contributed by atoms with Crippen molar-refractivity contribution in [1.82, 2.24) is 10.2 Å². The van der Waals surface area contributed by atoms with Crippen molar-refractivity contribution in [2.24, 2.45) is 0 Å². The summed E-state index contributed by atoms with van der Waals surface area (Å²) in [6, 6.07) is 0.0504. The summed E-state index contributed by atoms with van der Waals surface area (Å²) in [6.45, 7) is 6.06. The van der Waals surface area contributed by atoms with E-state index in [1.54, 1.807) is 0 Å². The van der Waals surface area contributed by atoms with E-state index in [4.69, 9.17) is 4.74 Å². The molecule has 0 aromatic carbocycles. The number of ether oxygens (including phenoxy) is 1. The first-order valence-electron chi connectivity index (χ1n) is 7.94. The van der Waals surface area contributed by atoms with Crippen LogP contribution in [0.25, 0.3) is 0 Å². The average molecular weight is 268 g/mol. The van der Waals surface area contributed by atoms with E-state index >= 15 is 0 Å². The van der Waals surface area contributed by atoms with E-state index in [0.717, 1.165) is 51.7 Å². The van der Waals surface area contributed by atoms with Gasteiger partial charge < -0.3 is 9.64 Å². The van der Waals surface area contributed by atoms with Crippen LogP contribution in [0.15, 0.2) is 0 Å². The Kier molecular flexibility index (Phi) is 5.64. The molecular weight excluding hydrogens is 240 g/mol. The summed E-state index contributed by atoms with van der Waals surface area (Å²) < 4.78 is 5.65. The van der Waals surface area contributed by atoms with Crippen molar-refractivity contribution in [3.8, 4) is 0 Å². The largest absolute Gasteiger partial charge is 0.378 e. The third-order valence-corrected chi connectivity index (χ3v) is 4.30. The second kappa shape index (κ2) is 7.25. The third kappa shape index (κ3) is 3.69. The van der Waals surface area contributed by atoms with Gasteiger partial charge in [0.15, 0.2) is 0 Å². The fourth-order valence-electron chi connectivity index (χ4n) is 3.12.